The summed E-state index contributed by atoms with van der Waals surface area (Å²) in [5, 5.41) is -0.172. The Morgan fingerprint density at radius 1 is 1.75 bits per heavy atom. The highest BCUT2D eigenvalue weighted by Crippen LogP contribution is 2.28. The van der Waals surface area contributed by atoms with Crippen LogP contribution in [0.5, 0.6) is 0 Å². The third-order valence-electron chi connectivity index (χ3n) is 1.77. The van der Waals surface area contributed by atoms with Crippen LogP contribution in [0.3, 0.4) is 0 Å². The van der Waals surface area contributed by atoms with Gasteiger partial charge >= 0.3 is 5.38 Å². The Kier molecular flexibility index (Phi) is 4.40. The smallest absolute Gasteiger partial charge is 0.383 e. The Labute approximate surface area is 104 Å². The van der Waals surface area contributed by atoms with Crippen LogP contribution in [0.4, 0.5) is 8.78 Å². The molecular formula is C8H8BrClF2N2O2. The largest absolute Gasteiger partial charge is 0.386 e. The number of methoxy groups -OCH3 is 1. The zero-order chi connectivity index (χ0) is 12.3. The number of halogens is 4. The minimum absolute atomic E-state index is 0.175. The third kappa shape index (κ3) is 2.99. The van der Waals surface area contributed by atoms with E-state index in [9.17, 15) is 13.6 Å². The van der Waals surface area contributed by atoms with Crippen molar-refractivity contribution in [1.29, 1.82) is 0 Å². The Morgan fingerprint density at radius 3 is 2.88 bits per heavy atom. The Hall–Kier alpha value is -0.530. The number of Topliss-reactive ketones (excluding diaryl/α,β-unsaturated/α-hetero) is 1. The number of aromatic nitrogens is 2. The van der Waals surface area contributed by atoms with Crippen LogP contribution in [-0.2, 0) is 11.3 Å². The molecule has 0 radical (unpaired) electrons. The second-order valence-corrected chi connectivity index (χ2v) is 4.21. The fourth-order valence-electron chi connectivity index (χ4n) is 1.07. The molecule has 0 fully saturated rings. The second kappa shape index (κ2) is 5.20. The van der Waals surface area contributed by atoms with Crippen LogP contribution >= 0.6 is 27.5 Å². The van der Waals surface area contributed by atoms with Crippen LogP contribution in [0.15, 0.2) is 10.7 Å². The van der Waals surface area contributed by atoms with Gasteiger partial charge in [-0.2, -0.15) is 13.9 Å². The number of hydrogen-bond acceptors (Lipinski definition) is 3. The average Bonchev–Trinajstić information content (AvgIpc) is 2.54. The van der Waals surface area contributed by atoms with Gasteiger partial charge in [-0.25, -0.2) is 0 Å². The molecule has 0 aliphatic carbocycles. The zero-order valence-corrected chi connectivity index (χ0v) is 10.6. The highest BCUT2D eigenvalue weighted by atomic mass is 79.9. The minimum Gasteiger partial charge on any atom is -0.383 e. The molecule has 0 saturated carbocycles. The lowest BCUT2D eigenvalue weighted by atomic mass is 10.3. The van der Waals surface area contributed by atoms with Crippen LogP contribution < -0.4 is 0 Å². The number of ketones is 1. The van der Waals surface area contributed by atoms with E-state index < -0.39 is 11.2 Å². The van der Waals surface area contributed by atoms with Crippen molar-refractivity contribution in [3.63, 3.8) is 0 Å². The normalized spacial score (nSPS) is 11.8. The van der Waals surface area contributed by atoms with E-state index in [2.05, 4.69) is 32.6 Å². The molecule has 4 nitrogen and oxygen atoms in total. The Morgan fingerprint density at radius 2 is 2.38 bits per heavy atom. The predicted molar refractivity (Wildman–Crippen MR) is 56.9 cm³/mol. The molecule has 1 heterocycles. The number of carbonyl (C=O) groups excluding carboxylic acids is 1. The summed E-state index contributed by atoms with van der Waals surface area (Å²) >= 11 is 7.64. The lowest BCUT2D eigenvalue weighted by Gasteiger charge is -2.09. The second-order valence-electron chi connectivity index (χ2n) is 2.88. The highest BCUT2D eigenvalue weighted by Gasteiger charge is 2.39. The van der Waals surface area contributed by atoms with Gasteiger partial charge in [0.05, 0.1) is 23.8 Å². The van der Waals surface area contributed by atoms with Gasteiger partial charge in [0, 0.05) is 7.11 Å². The van der Waals surface area contributed by atoms with Crippen LogP contribution in [0.1, 0.15) is 10.5 Å². The number of rotatable bonds is 5. The third-order valence-corrected chi connectivity index (χ3v) is 2.53. The van der Waals surface area contributed by atoms with Gasteiger partial charge in [-0.1, -0.05) is 0 Å². The van der Waals surface area contributed by atoms with E-state index in [0.29, 0.717) is 0 Å². The van der Waals surface area contributed by atoms with Gasteiger partial charge in [0.25, 0.3) is 5.78 Å². The van der Waals surface area contributed by atoms with Crippen molar-refractivity contribution in [2.45, 2.75) is 11.9 Å². The summed E-state index contributed by atoms with van der Waals surface area (Å²) in [6.45, 7) is 0.443. The SMILES string of the molecule is COCCn1ncc(Br)c1C(=O)C(F)(F)Cl. The summed E-state index contributed by atoms with van der Waals surface area (Å²) in [6, 6.07) is 0. The van der Waals surface area contributed by atoms with Crippen molar-refractivity contribution < 1.29 is 18.3 Å². The molecule has 1 aromatic rings. The van der Waals surface area contributed by atoms with Crippen molar-refractivity contribution in [3.05, 3.63) is 16.4 Å². The number of nitrogens with zero attached hydrogens (tertiary/aromatic N) is 2. The first-order chi connectivity index (χ1) is 7.38. The van der Waals surface area contributed by atoms with E-state index in [4.69, 9.17) is 4.74 Å². The van der Waals surface area contributed by atoms with Crippen LogP contribution in [0.25, 0.3) is 0 Å². The maximum Gasteiger partial charge on any atom is 0.386 e. The molecule has 0 atom stereocenters. The van der Waals surface area contributed by atoms with Crippen molar-refractivity contribution in [1.82, 2.24) is 9.78 Å². The fraction of sp³-hybridized carbons (Fsp3) is 0.500. The van der Waals surface area contributed by atoms with Gasteiger partial charge < -0.3 is 4.74 Å². The molecular weight excluding hydrogens is 309 g/mol. The molecule has 0 aliphatic heterocycles. The lowest BCUT2D eigenvalue weighted by Crippen LogP contribution is -2.26. The van der Waals surface area contributed by atoms with E-state index in [0.717, 1.165) is 4.68 Å². The number of alkyl halides is 3. The predicted octanol–water partition coefficient (Wildman–Crippen LogP) is 2.31. The van der Waals surface area contributed by atoms with E-state index in [1.807, 2.05) is 0 Å². The number of carbonyl (C=O) groups is 1. The summed E-state index contributed by atoms with van der Waals surface area (Å²) in [5.74, 6) is -1.49. The molecule has 8 heteroatoms. The lowest BCUT2D eigenvalue weighted by molar-refractivity contribution is 0.0520. The standard InChI is InChI=1S/C8H8BrClF2N2O2/c1-16-3-2-14-6(5(9)4-13-14)7(15)8(10,11)12/h4H,2-3H2,1H3. The zero-order valence-electron chi connectivity index (χ0n) is 8.21. The van der Waals surface area contributed by atoms with Crippen molar-refractivity contribution in [2.75, 3.05) is 13.7 Å². The van der Waals surface area contributed by atoms with Gasteiger partial charge in [0.2, 0.25) is 0 Å². The molecule has 0 saturated heterocycles. The van der Waals surface area contributed by atoms with Crippen molar-refractivity contribution in [3.8, 4) is 0 Å². The molecule has 0 bridgehead atoms. The first-order valence-electron chi connectivity index (χ1n) is 4.19. The van der Waals surface area contributed by atoms with E-state index >= 15 is 0 Å². The first kappa shape index (κ1) is 13.5. The molecule has 0 amide bonds. The molecule has 0 unspecified atom stereocenters. The number of hydrogen-bond donors (Lipinski definition) is 0. The van der Waals surface area contributed by atoms with E-state index in [-0.39, 0.29) is 23.3 Å². The molecule has 1 aromatic heterocycles. The molecule has 16 heavy (non-hydrogen) atoms. The highest BCUT2D eigenvalue weighted by molar-refractivity contribution is 9.10. The Balaban J connectivity index is 3.02. The summed E-state index contributed by atoms with van der Waals surface area (Å²) < 4.78 is 31.4. The molecule has 90 valence electrons. The molecule has 0 N–H and O–H groups in total. The average molecular weight is 318 g/mol. The summed E-state index contributed by atoms with van der Waals surface area (Å²) in [7, 11) is 1.45. The van der Waals surface area contributed by atoms with Crippen molar-refractivity contribution in [2.24, 2.45) is 0 Å². The van der Waals surface area contributed by atoms with Crippen LogP contribution in [0.2, 0.25) is 0 Å². The molecule has 1 rings (SSSR count). The van der Waals surface area contributed by atoms with Crippen LogP contribution in [-0.4, -0.2) is 34.7 Å². The monoisotopic (exact) mass is 316 g/mol. The van der Waals surface area contributed by atoms with Gasteiger partial charge in [-0.15, -0.1) is 0 Å². The van der Waals surface area contributed by atoms with Gasteiger partial charge in [-0.3, -0.25) is 9.48 Å². The quantitative estimate of drug-likeness (QED) is 0.618. The van der Waals surface area contributed by atoms with E-state index in [1.165, 1.54) is 13.3 Å². The Bertz CT molecular complexity index is 392. The van der Waals surface area contributed by atoms with Crippen molar-refractivity contribution >= 4 is 33.3 Å². The van der Waals surface area contributed by atoms with Gasteiger partial charge in [-0.05, 0) is 27.5 Å². The molecule has 0 spiro atoms. The van der Waals surface area contributed by atoms with Gasteiger partial charge in [0.1, 0.15) is 5.69 Å². The summed E-state index contributed by atoms with van der Waals surface area (Å²) in [5.41, 5.74) is -0.267. The van der Waals surface area contributed by atoms with Gasteiger partial charge in [0.15, 0.2) is 0 Å². The fourth-order valence-corrected chi connectivity index (χ4v) is 1.64. The summed E-state index contributed by atoms with van der Waals surface area (Å²) in [4.78, 5) is 11.3. The summed E-state index contributed by atoms with van der Waals surface area (Å²) in [6.07, 6.45) is 1.26. The van der Waals surface area contributed by atoms with E-state index in [1.54, 1.807) is 0 Å². The topological polar surface area (TPSA) is 44.1 Å². The maximum atomic E-state index is 12.7. The van der Waals surface area contributed by atoms with Crippen LogP contribution in [0, 0.1) is 0 Å². The number of ether oxygens (including phenoxy) is 1. The maximum absolute atomic E-state index is 12.7. The molecule has 0 aliphatic rings. The minimum atomic E-state index is -3.94. The first-order valence-corrected chi connectivity index (χ1v) is 5.36. The molecule has 0 aromatic carbocycles.